The van der Waals surface area contributed by atoms with Crippen LogP contribution in [0.4, 0.5) is 11.4 Å². The maximum absolute atomic E-state index is 13.1. The van der Waals surface area contributed by atoms with Crippen LogP contribution in [0.3, 0.4) is 0 Å². The van der Waals surface area contributed by atoms with Crippen molar-refractivity contribution < 1.29 is 13.2 Å². The van der Waals surface area contributed by atoms with Crippen molar-refractivity contribution in [2.45, 2.75) is 31.6 Å². The van der Waals surface area contributed by atoms with Gasteiger partial charge < -0.3 is 5.32 Å². The first-order chi connectivity index (χ1) is 16.2. The van der Waals surface area contributed by atoms with Crippen molar-refractivity contribution in [2.24, 2.45) is 0 Å². The van der Waals surface area contributed by atoms with Crippen LogP contribution in [0.25, 0.3) is 10.8 Å². The maximum Gasteiger partial charge on any atom is 0.263 e. The molecule has 0 aromatic heterocycles. The van der Waals surface area contributed by atoms with Crippen LogP contribution >= 0.6 is 11.6 Å². The average Bonchev–Trinajstić information content (AvgIpc) is 3.23. The molecule has 0 saturated heterocycles. The molecule has 1 amide bonds. The lowest BCUT2D eigenvalue weighted by Gasteiger charge is -2.14. The van der Waals surface area contributed by atoms with Gasteiger partial charge in [-0.1, -0.05) is 48.0 Å². The number of carbonyl (C=O) groups is 1. The van der Waals surface area contributed by atoms with Crippen LogP contribution in [0.2, 0.25) is 5.02 Å². The van der Waals surface area contributed by atoms with Gasteiger partial charge in [0, 0.05) is 16.6 Å². The Bertz CT molecular complexity index is 1570. The molecule has 0 saturated carbocycles. The van der Waals surface area contributed by atoms with E-state index in [0.717, 1.165) is 29.4 Å². The third kappa shape index (κ3) is 3.93. The van der Waals surface area contributed by atoms with Gasteiger partial charge in [0.15, 0.2) is 0 Å². The van der Waals surface area contributed by atoms with E-state index in [9.17, 15) is 13.2 Å². The first-order valence-electron chi connectivity index (χ1n) is 11.0. The highest BCUT2D eigenvalue weighted by atomic mass is 35.5. The summed E-state index contributed by atoms with van der Waals surface area (Å²) in [6.45, 7) is 3.75. The Labute approximate surface area is 203 Å². The average molecular weight is 491 g/mol. The van der Waals surface area contributed by atoms with E-state index in [4.69, 9.17) is 11.6 Å². The number of rotatable bonds is 5. The van der Waals surface area contributed by atoms with Crippen molar-refractivity contribution in [3.8, 4) is 0 Å². The molecule has 4 aromatic carbocycles. The Morgan fingerprint density at radius 1 is 0.882 bits per heavy atom. The standard InChI is InChI=1S/C27H23ClN2O3S/c1-16-5-3-8-23(17(16)2)30-34(32,33)25-15-20(11-13-22(25)28)27(31)29-24-14-12-19-10-9-18-6-4-7-21(24)26(18)19/h3-8,11-15,30H,9-10H2,1-2H3,(H,29,31). The monoisotopic (exact) mass is 490 g/mol. The Hall–Kier alpha value is -3.35. The number of hydrogen-bond donors (Lipinski definition) is 2. The molecule has 0 spiro atoms. The molecule has 34 heavy (non-hydrogen) atoms. The number of hydrogen-bond acceptors (Lipinski definition) is 3. The van der Waals surface area contributed by atoms with Crippen molar-refractivity contribution in [1.82, 2.24) is 0 Å². The van der Waals surface area contributed by atoms with Crippen LogP contribution in [0, 0.1) is 13.8 Å². The normalized spacial score (nSPS) is 12.7. The molecule has 1 aliphatic rings. The molecule has 172 valence electrons. The quantitative estimate of drug-likeness (QED) is 0.346. The lowest BCUT2D eigenvalue weighted by atomic mass is 10.0. The van der Waals surface area contributed by atoms with Crippen molar-refractivity contribution in [3.05, 3.63) is 99.6 Å². The SMILES string of the molecule is Cc1cccc(NS(=O)(=O)c2cc(C(=O)Nc3ccc4c5c(cccc35)CC4)ccc2Cl)c1C. The molecule has 0 heterocycles. The van der Waals surface area contributed by atoms with Crippen LogP contribution in [0.15, 0.2) is 71.6 Å². The first kappa shape index (κ1) is 22.4. The summed E-state index contributed by atoms with van der Waals surface area (Å²) >= 11 is 6.25. The smallest absolute Gasteiger partial charge is 0.263 e. The summed E-state index contributed by atoms with van der Waals surface area (Å²) in [4.78, 5) is 13.0. The van der Waals surface area contributed by atoms with Gasteiger partial charge in [-0.2, -0.15) is 0 Å². The van der Waals surface area contributed by atoms with E-state index in [1.165, 1.54) is 34.7 Å². The van der Waals surface area contributed by atoms with Gasteiger partial charge in [-0.3, -0.25) is 9.52 Å². The molecule has 0 bridgehead atoms. The second kappa shape index (κ2) is 8.46. The van der Waals surface area contributed by atoms with E-state index in [1.807, 2.05) is 44.2 Å². The van der Waals surface area contributed by atoms with Gasteiger partial charge in [-0.25, -0.2) is 8.42 Å². The zero-order valence-electron chi connectivity index (χ0n) is 18.8. The largest absolute Gasteiger partial charge is 0.321 e. The van der Waals surface area contributed by atoms with E-state index < -0.39 is 15.9 Å². The van der Waals surface area contributed by atoms with Crippen LogP contribution in [0.1, 0.15) is 32.6 Å². The number of amides is 1. The molecule has 0 unspecified atom stereocenters. The number of benzene rings is 4. The van der Waals surface area contributed by atoms with Gasteiger partial charge in [0.2, 0.25) is 0 Å². The molecule has 0 aliphatic heterocycles. The highest BCUT2D eigenvalue weighted by Crippen LogP contribution is 2.35. The fourth-order valence-corrected chi connectivity index (χ4v) is 6.11. The van der Waals surface area contributed by atoms with Crippen molar-refractivity contribution in [2.75, 3.05) is 10.0 Å². The second-order valence-corrected chi connectivity index (χ2v) is 10.6. The third-order valence-electron chi connectivity index (χ3n) is 6.46. The third-order valence-corrected chi connectivity index (χ3v) is 8.30. The van der Waals surface area contributed by atoms with Crippen LogP contribution in [0.5, 0.6) is 0 Å². The van der Waals surface area contributed by atoms with Crippen molar-refractivity contribution in [3.63, 3.8) is 0 Å². The minimum Gasteiger partial charge on any atom is -0.321 e. The Balaban J connectivity index is 1.47. The molecule has 5 rings (SSSR count). The molecule has 0 fully saturated rings. The first-order valence-corrected chi connectivity index (χ1v) is 12.8. The highest BCUT2D eigenvalue weighted by molar-refractivity contribution is 7.92. The van der Waals surface area contributed by atoms with Crippen LogP contribution < -0.4 is 10.0 Å². The maximum atomic E-state index is 13.1. The minimum absolute atomic E-state index is 0.0414. The summed E-state index contributed by atoms with van der Waals surface area (Å²) < 4.78 is 28.9. The van der Waals surface area contributed by atoms with E-state index >= 15 is 0 Å². The summed E-state index contributed by atoms with van der Waals surface area (Å²) in [5.41, 5.74) is 5.71. The molecular formula is C27H23ClN2O3S. The van der Waals surface area contributed by atoms with Gasteiger partial charge in [0.05, 0.1) is 10.7 Å². The summed E-state index contributed by atoms with van der Waals surface area (Å²) in [5, 5.41) is 5.17. The zero-order valence-corrected chi connectivity index (χ0v) is 20.3. The molecule has 7 heteroatoms. The van der Waals surface area contributed by atoms with E-state index in [1.54, 1.807) is 12.1 Å². The number of aryl methyl sites for hydroxylation is 3. The minimum atomic E-state index is -4.01. The predicted molar refractivity (Wildman–Crippen MR) is 137 cm³/mol. The fourth-order valence-electron chi connectivity index (χ4n) is 4.46. The Morgan fingerprint density at radius 3 is 2.41 bits per heavy atom. The van der Waals surface area contributed by atoms with Gasteiger partial charge in [-0.05, 0) is 84.7 Å². The van der Waals surface area contributed by atoms with E-state index in [0.29, 0.717) is 11.4 Å². The van der Waals surface area contributed by atoms with E-state index in [2.05, 4.69) is 16.1 Å². The van der Waals surface area contributed by atoms with Gasteiger partial charge in [0.25, 0.3) is 15.9 Å². The molecule has 0 atom stereocenters. The summed E-state index contributed by atoms with van der Waals surface area (Å²) in [5.74, 6) is -0.404. The van der Waals surface area contributed by atoms with Gasteiger partial charge in [0.1, 0.15) is 4.90 Å². The number of sulfonamides is 1. The van der Waals surface area contributed by atoms with E-state index in [-0.39, 0.29) is 15.5 Å². The molecule has 1 aliphatic carbocycles. The number of anilines is 2. The van der Waals surface area contributed by atoms with Crippen LogP contribution in [-0.2, 0) is 22.9 Å². The summed E-state index contributed by atoms with van der Waals surface area (Å²) in [6, 6.07) is 19.7. The fraction of sp³-hybridized carbons (Fsp3) is 0.148. The predicted octanol–water partition coefficient (Wildman–Crippen LogP) is 6.26. The van der Waals surface area contributed by atoms with Crippen molar-refractivity contribution in [1.29, 1.82) is 0 Å². The number of halogens is 1. The summed E-state index contributed by atoms with van der Waals surface area (Å²) in [6.07, 6.45) is 1.99. The Kier molecular flexibility index (Phi) is 5.58. The second-order valence-electron chi connectivity index (χ2n) is 8.56. The molecule has 4 aromatic rings. The van der Waals surface area contributed by atoms with Crippen LogP contribution in [-0.4, -0.2) is 14.3 Å². The zero-order chi connectivity index (χ0) is 24.0. The highest BCUT2D eigenvalue weighted by Gasteiger charge is 2.22. The van der Waals surface area contributed by atoms with Gasteiger partial charge in [-0.15, -0.1) is 0 Å². The molecule has 5 nitrogen and oxygen atoms in total. The number of nitrogens with one attached hydrogen (secondary N) is 2. The molecule has 2 N–H and O–H groups in total. The molecular weight excluding hydrogens is 468 g/mol. The van der Waals surface area contributed by atoms with Crippen molar-refractivity contribution >= 4 is 49.7 Å². The van der Waals surface area contributed by atoms with Gasteiger partial charge >= 0.3 is 0 Å². The Morgan fingerprint density at radius 2 is 1.62 bits per heavy atom. The lowest BCUT2D eigenvalue weighted by molar-refractivity contribution is 0.102. The number of carbonyl (C=O) groups excluding carboxylic acids is 1. The summed E-state index contributed by atoms with van der Waals surface area (Å²) in [7, 11) is -4.01. The molecule has 0 radical (unpaired) electrons. The lowest BCUT2D eigenvalue weighted by Crippen LogP contribution is -2.17. The topological polar surface area (TPSA) is 75.3 Å².